The number of benzene rings is 2. The third kappa shape index (κ3) is 5.85. The Morgan fingerprint density at radius 1 is 1.00 bits per heavy atom. The molecule has 1 fully saturated rings. The standard InChI is InChI=1S/C26H34N4O3S/c1-21-28-24-9-4-5-10-25(24)30(21)20-8-17-27-26(31)16-13-22-11-14-23(15-12-22)34(32,33)29-18-6-2-3-7-19-29/h4-5,9-12,14-15H,2-3,6-8,13,16-20H2,1H3,(H,27,31). The van der Waals surface area contributed by atoms with E-state index in [0.717, 1.165) is 61.1 Å². The summed E-state index contributed by atoms with van der Waals surface area (Å²) in [7, 11) is -3.44. The zero-order valence-corrected chi connectivity index (χ0v) is 20.7. The van der Waals surface area contributed by atoms with Crippen LogP contribution in [-0.4, -0.2) is 47.8 Å². The highest BCUT2D eigenvalue weighted by molar-refractivity contribution is 7.89. The largest absolute Gasteiger partial charge is 0.356 e. The summed E-state index contributed by atoms with van der Waals surface area (Å²) >= 11 is 0. The van der Waals surface area contributed by atoms with Crippen LogP contribution >= 0.6 is 0 Å². The molecule has 1 aromatic heterocycles. The van der Waals surface area contributed by atoms with E-state index in [9.17, 15) is 13.2 Å². The van der Waals surface area contributed by atoms with Crippen molar-refractivity contribution in [1.29, 1.82) is 0 Å². The number of fused-ring (bicyclic) bond motifs is 1. The van der Waals surface area contributed by atoms with E-state index in [1.807, 2.05) is 37.3 Å². The Morgan fingerprint density at radius 2 is 1.71 bits per heavy atom. The highest BCUT2D eigenvalue weighted by Crippen LogP contribution is 2.21. The van der Waals surface area contributed by atoms with Gasteiger partial charge in [0.15, 0.2) is 0 Å². The molecule has 3 aromatic rings. The number of hydrogen-bond acceptors (Lipinski definition) is 4. The Labute approximate surface area is 202 Å². The average molecular weight is 483 g/mol. The molecule has 1 amide bonds. The van der Waals surface area contributed by atoms with Gasteiger partial charge >= 0.3 is 0 Å². The van der Waals surface area contributed by atoms with Crippen molar-refractivity contribution < 1.29 is 13.2 Å². The summed E-state index contributed by atoms with van der Waals surface area (Å²) in [5.41, 5.74) is 3.08. The van der Waals surface area contributed by atoms with Gasteiger partial charge in [-0.2, -0.15) is 4.31 Å². The second-order valence-electron chi connectivity index (χ2n) is 8.97. The lowest BCUT2D eigenvalue weighted by molar-refractivity contribution is -0.121. The van der Waals surface area contributed by atoms with Crippen LogP contribution in [0.25, 0.3) is 11.0 Å². The predicted molar refractivity (Wildman–Crippen MR) is 134 cm³/mol. The van der Waals surface area contributed by atoms with Gasteiger partial charge in [-0.1, -0.05) is 37.1 Å². The molecule has 0 saturated carbocycles. The van der Waals surface area contributed by atoms with Crippen LogP contribution in [-0.2, 0) is 27.8 Å². The number of aryl methyl sites for hydroxylation is 3. The summed E-state index contributed by atoms with van der Waals surface area (Å²) in [6.45, 7) is 4.61. The number of aromatic nitrogens is 2. The molecular formula is C26H34N4O3S. The third-order valence-electron chi connectivity index (χ3n) is 6.49. The fourth-order valence-electron chi connectivity index (χ4n) is 4.55. The lowest BCUT2D eigenvalue weighted by Crippen LogP contribution is -2.31. The number of carbonyl (C=O) groups excluding carboxylic acids is 1. The van der Waals surface area contributed by atoms with Crippen LogP contribution in [0.4, 0.5) is 0 Å². The molecule has 0 aliphatic carbocycles. The molecule has 1 aliphatic rings. The van der Waals surface area contributed by atoms with Crippen molar-refractivity contribution in [3.05, 3.63) is 59.9 Å². The van der Waals surface area contributed by atoms with E-state index in [4.69, 9.17) is 0 Å². The molecule has 34 heavy (non-hydrogen) atoms. The minimum absolute atomic E-state index is 0.00785. The monoisotopic (exact) mass is 482 g/mol. The molecule has 0 atom stereocenters. The Kier molecular flexibility index (Phi) is 8.00. The van der Waals surface area contributed by atoms with Gasteiger partial charge in [0.25, 0.3) is 0 Å². The highest BCUT2D eigenvalue weighted by Gasteiger charge is 2.24. The van der Waals surface area contributed by atoms with E-state index >= 15 is 0 Å². The molecule has 0 bridgehead atoms. The van der Waals surface area contributed by atoms with Crippen molar-refractivity contribution in [2.45, 2.75) is 63.3 Å². The van der Waals surface area contributed by atoms with Gasteiger partial charge in [0.2, 0.25) is 15.9 Å². The van der Waals surface area contributed by atoms with Crippen LogP contribution in [0, 0.1) is 6.92 Å². The second kappa shape index (κ2) is 11.1. The normalized spacial score (nSPS) is 15.3. The maximum absolute atomic E-state index is 12.9. The number of nitrogens with one attached hydrogen (secondary N) is 1. The van der Waals surface area contributed by atoms with E-state index in [1.54, 1.807) is 16.4 Å². The summed E-state index contributed by atoms with van der Waals surface area (Å²) in [4.78, 5) is 17.2. The third-order valence-corrected chi connectivity index (χ3v) is 8.41. The van der Waals surface area contributed by atoms with Crippen LogP contribution in [0.5, 0.6) is 0 Å². The van der Waals surface area contributed by atoms with Crippen LogP contribution in [0.3, 0.4) is 0 Å². The number of nitrogens with zero attached hydrogens (tertiary/aromatic N) is 3. The van der Waals surface area contributed by atoms with Gasteiger partial charge in [0, 0.05) is 32.6 Å². The first-order valence-corrected chi connectivity index (χ1v) is 13.7. The average Bonchev–Trinajstić information content (AvgIpc) is 2.99. The number of amides is 1. The smallest absolute Gasteiger partial charge is 0.243 e. The molecule has 182 valence electrons. The van der Waals surface area contributed by atoms with Crippen molar-refractivity contribution >= 4 is 27.0 Å². The number of sulfonamides is 1. The quantitative estimate of drug-likeness (QED) is 0.467. The van der Waals surface area contributed by atoms with Crippen LogP contribution in [0.2, 0.25) is 0 Å². The molecular weight excluding hydrogens is 448 g/mol. The van der Waals surface area contributed by atoms with E-state index < -0.39 is 10.0 Å². The molecule has 8 heteroatoms. The molecule has 0 unspecified atom stereocenters. The number of imidazole rings is 1. The minimum Gasteiger partial charge on any atom is -0.356 e. The maximum Gasteiger partial charge on any atom is 0.243 e. The van der Waals surface area contributed by atoms with Gasteiger partial charge in [-0.25, -0.2) is 13.4 Å². The van der Waals surface area contributed by atoms with E-state index in [1.165, 1.54) is 0 Å². The molecule has 1 N–H and O–H groups in total. The fourth-order valence-corrected chi connectivity index (χ4v) is 6.07. The van der Waals surface area contributed by atoms with Gasteiger partial charge < -0.3 is 9.88 Å². The van der Waals surface area contributed by atoms with Crippen molar-refractivity contribution in [2.75, 3.05) is 19.6 Å². The van der Waals surface area contributed by atoms with Crippen LogP contribution in [0.1, 0.15) is 49.9 Å². The first kappa shape index (κ1) is 24.4. The molecule has 1 aliphatic heterocycles. The summed E-state index contributed by atoms with van der Waals surface area (Å²) in [5.74, 6) is 0.988. The Bertz CT molecular complexity index is 1210. The fraction of sp³-hybridized carbons (Fsp3) is 0.462. The summed E-state index contributed by atoms with van der Waals surface area (Å²) in [6, 6.07) is 15.1. The van der Waals surface area contributed by atoms with Gasteiger partial charge in [-0.05, 0) is 62.4 Å². The lowest BCUT2D eigenvalue weighted by Gasteiger charge is -2.20. The SMILES string of the molecule is Cc1nc2ccccc2n1CCCNC(=O)CCc1ccc(S(=O)(=O)N2CCCCCC2)cc1. The Balaban J connectivity index is 1.22. The predicted octanol–water partition coefficient (Wildman–Crippen LogP) is 4.05. The molecule has 2 heterocycles. The molecule has 7 nitrogen and oxygen atoms in total. The molecule has 1 saturated heterocycles. The molecule has 4 rings (SSSR count). The number of carbonyl (C=O) groups is 1. The van der Waals surface area contributed by atoms with E-state index in [-0.39, 0.29) is 5.91 Å². The number of hydrogen-bond donors (Lipinski definition) is 1. The van der Waals surface area contributed by atoms with E-state index in [0.29, 0.717) is 37.4 Å². The Morgan fingerprint density at radius 3 is 2.44 bits per heavy atom. The van der Waals surface area contributed by atoms with E-state index in [2.05, 4.69) is 20.9 Å². The topological polar surface area (TPSA) is 84.3 Å². The van der Waals surface area contributed by atoms with Crippen LogP contribution in [0.15, 0.2) is 53.4 Å². The molecule has 0 spiro atoms. The maximum atomic E-state index is 12.9. The second-order valence-corrected chi connectivity index (χ2v) is 10.9. The minimum atomic E-state index is -3.44. The van der Waals surface area contributed by atoms with Crippen molar-refractivity contribution in [1.82, 2.24) is 19.2 Å². The van der Waals surface area contributed by atoms with Crippen LogP contribution < -0.4 is 5.32 Å². The Hall–Kier alpha value is -2.71. The summed E-state index contributed by atoms with van der Waals surface area (Å²) in [6.07, 6.45) is 5.82. The molecule has 2 aromatic carbocycles. The van der Waals surface area contributed by atoms with Gasteiger partial charge in [0.05, 0.1) is 15.9 Å². The van der Waals surface area contributed by atoms with Crippen molar-refractivity contribution in [2.24, 2.45) is 0 Å². The first-order chi connectivity index (χ1) is 16.4. The zero-order valence-electron chi connectivity index (χ0n) is 19.9. The lowest BCUT2D eigenvalue weighted by atomic mass is 10.1. The van der Waals surface area contributed by atoms with Gasteiger partial charge in [0.1, 0.15) is 5.82 Å². The van der Waals surface area contributed by atoms with Gasteiger partial charge in [-0.15, -0.1) is 0 Å². The first-order valence-electron chi connectivity index (χ1n) is 12.2. The summed E-state index contributed by atoms with van der Waals surface area (Å²) in [5, 5.41) is 2.99. The highest BCUT2D eigenvalue weighted by atomic mass is 32.2. The van der Waals surface area contributed by atoms with Gasteiger partial charge in [-0.3, -0.25) is 4.79 Å². The molecule has 0 radical (unpaired) electrons. The number of rotatable bonds is 9. The number of para-hydroxylation sites is 2. The summed E-state index contributed by atoms with van der Waals surface area (Å²) < 4.78 is 29.6. The van der Waals surface area contributed by atoms with Crippen molar-refractivity contribution in [3.8, 4) is 0 Å². The zero-order chi connectivity index (χ0) is 24.0. The van der Waals surface area contributed by atoms with Crippen molar-refractivity contribution in [3.63, 3.8) is 0 Å².